The van der Waals surface area contributed by atoms with Crippen molar-refractivity contribution in [1.29, 1.82) is 0 Å². The zero-order chi connectivity index (χ0) is 20.9. The summed E-state index contributed by atoms with van der Waals surface area (Å²) in [4.78, 5) is 20.8. The predicted octanol–water partition coefficient (Wildman–Crippen LogP) is 4.96. The van der Waals surface area contributed by atoms with Crippen LogP contribution in [0.4, 0.5) is 8.78 Å². The molecule has 2 N–H and O–H groups in total. The minimum absolute atomic E-state index is 0.266. The molecule has 0 radical (unpaired) electrons. The number of rotatable bonds is 3. The first kappa shape index (κ1) is 17.8. The number of imidazole rings is 1. The van der Waals surface area contributed by atoms with Gasteiger partial charge in [-0.15, -0.1) is 11.3 Å². The van der Waals surface area contributed by atoms with E-state index in [9.17, 15) is 8.78 Å². The number of halogens is 2. The van der Waals surface area contributed by atoms with E-state index in [-0.39, 0.29) is 5.13 Å². The SMILES string of the molecule is Fc1ccc(-c2ccnc3nc(-c4n[nH]c5cc(F)c(-c6cncnc6)cc45)[nH]c23)s1. The molecule has 0 aliphatic heterocycles. The highest BCUT2D eigenvalue weighted by molar-refractivity contribution is 7.14. The molecule has 0 aliphatic carbocycles. The number of aromatic amines is 2. The molecule has 31 heavy (non-hydrogen) atoms. The highest BCUT2D eigenvalue weighted by Gasteiger charge is 2.18. The third-order valence-corrected chi connectivity index (χ3v) is 5.88. The molecule has 10 heteroatoms. The van der Waals surface area contributed by atoms with E-state index in [4.69, 9.17) is 0 Å². The second-order valence-electron chi connectivity index (χ2n) is 6.82. The maximum Gasteiger partial charge on any atom is 0.178 e. The van der Waals surface area contributed by atoms with E-state index >= 15 is 0 Å². The number of aromatic nitrogens is 7. The van der Waals surface area contributed by atoms with Gasteiger partial charge in [0.2, 0.25) is 0 Å². The van der Waals surface area contributed by atoms with Crippen molar-refractivity contribution in [3.05, 3.63) is 66.2 Å². The summed E-state index contributed by atoms with van der Waals surface area (Å²) >= 11 is 1.05. The van der Waals surface area contributed by atoms with Crippen LogP contribution in [0.3, 0.4) is 0 Å². The second-order valence-corrected chi connectivity index (χ2v) is 7.86. The van der Waals surface area contributed by atoms with Crippen LogP contribution in [0, 0.1) is 10.9 Å². The van der Waals surface area contributed by atoms with Crippen LogP contribution in [-0.2, 0) is 0 Å². The van der Waals surface area contributed by atoms with E-state index in [0.717, 1.165) is 21.8 Å². The molecule has 1 aromatic carbocycles. The van der Waals surface area contributed by atoms with Crippen LogP contribution in [0.15, 0.2) is 55.2 Å². The molecular weight excluding hydrogens is 420 g/mol. The molecule has 0 fully saturated rings. The molecule has 0 aliphatic rings. The molecule has 0 bridgehead atoms. The number of thiophene rings is 1. The second kappa shape index (κ2) is 6.74. The normalized spacial score (nSPS) is 11.5. The first-order valence-electron chi connectivity index (χ1n) is 9.21. The number of nitrogens with one attached hydrogen (secondary N) is 2. The Morgan fingerprint density at radius 1 is 0.968 bits per heavy atom. The van der Waals surface area contributed by atoms with Crippen molar-refractivity contribution in [1.82, 2.24) is 35.1 Å². The van der Waals surface area contributed by atoms with Crippen LogP contribution in [0.1, 0.15) is 0 Å². The largest absolute Gasteiger partial charge is 0.335 e. The summed E-state index contributed by atoms with van der Waals surface area (Å²) in [5.74, 6) is 0.0610. The quantitative estimate of drug-likeness (QED) is 0.413. The smallest absolute Gasteiger partial charge is 0.178 e. The molecule has 6 aromatic rings. The fourth-order valence-electron chi connectivity index (χ4n) is 3.57. The van der Waals surface area contributed by atoms with Crippen molar-refractivity contribution >= 4 is 33.4 Å². The highest BCUT2D eigenvalue weighted by atomic mass is 32.1. The van der Waals surface area contributed by atoms with Crippen molar-refractivity contribution in [3.8, 4) is 33.1 Å². The lowest BCUT2D eigenvalue weighted by atomic mass is 10.0. The Bertz CT molecular complexity index is 1570. The standard InChI is InChI=1S/C21H11F2N7S/c22-14-6-15-13(5-12(14)10-7-24-9-25-8-10)19(30-29-15)21-27-18-11(3-4-26-20(18)28-21)16-1-2-17(23)31-16/h1-9H,(H,29,30)(H,26,27,28). The van der Waals surface area contributed by atoms with Gasteiger partial charge in [-0.05, 0) is 24.3 Å². The number of nitrogens with zero attached hydrogens (tertiary/aromatic N) is 5. The van der Waals surface area contributed by atoms with E-state index in [1.807, 2.05) is 0 Å². The molecule has 5 heterocycles. The monoisotopic (exact) mass is 431 g/mol. The lowest BCUT2D eigenvalue weighted by Gasteiger charge is -2.03. The number of hydrogen-bond donors (Lipinski definition) is 2. The zero-order valence-electron chi connectivity index (χ0n) is 15.6. The Hall–Kier alpha value is -4.05. The third-order valence-electron chi connectivity index (χ3n) is 4.98. The van der Waals surface area contributed by atoms with Crippen LogP contribution in [0.25, 0.3) is 55.2 Å². The molecular formula is C21H11F2N7S. The van der Waals surface area contributed by atoms with Gasteiger partial charge in [0, 0.05) is 51.6 Å². The molecule has 0 unspecified atom stereocenters. The summed E-state index contributed by atoms with van der Waals surface area (Å²) in [5.41, 5.74) is 3.93. The first-order chi connectivity index (χ1) is 15.2. The Labute approximate surface area is 176 Å². The fraction of sp³-hybridized carbons (Fsp3) is 0. The summed E-state index contributed by atoms with van der Waals surface area (Å²) in [6.07, 6.45) is 6.12. The van der Waals surface area contributed by atoms with E-state index < -0.39 is 5.82 Å². The molecule has 0 saturated heterocycles. The molecule has 5 aromatic heterocycles. The van der Waals surface area contributed by atoms with Crippen LogP contribution in [-0.4, -0.2) is 35.1 Å². The van der Waals surface area contributed by atoms with Crippen molar-refractivity contribution in [2.75, 3.05) is 0 Å². The van der Waals surface area contributed by atoms with Gasteiger partial charge in [-0.3, -0.25) is 5.10 Å². The molecule has 0 spiro atoms. The van der Waals surface area contributed by atoms with E-state index in [2.05, 4.69) is 35.1 Å². The summed E-state index contributed by atoms with van der Waals surface area (Å²) in [6, 6.07) is 8.03. The van der Waals surface area contributed by atoms with Crippen molar-refractivity contribution in [2.45, 2.75) is 0 Å². The lowest BCUT2D eigenvalue weighted by molar-refractivity contribution is 0.632. The van der Waals surface area contributed by atoms with Gasteiger partial charge < -0.3 is 4.98 Å². The number of hydrogen-bond acceptors (Lipinski definition) is 6. The molecule has 7 nitrogen and oxygen atoms in total. The van der Waals surface area contributed by atoms with Gasteiger partial charge in [0.15, 0.2) is 16.6 Å². The van der Waals surface area contributed by atoms with Gasteiger partial charge in [-0.2, -0.15) is 9.49 Å². The average Bonchev–Trinajstić information content (AvgIpc) is 3.50. The van der Waals surface area contributed by atoms with E-state index in [1.54, 1.807) is 36.8 Å². The fourth-order valence-corrected chi connectivity index (χ4v) is 4.33. The molecule has 0 saturated carbocycles. The maximum absolute atomic E-state index is 14.7. The van der Waals surface area contributed by atoms with Crippen molar-refractivity contribution < 1.29 is 8.78 Å². The van der Waals surface area contributed by atoms with Crippen LogP contribution in [0.2, 0.25) is 0 Å². The lowest BCUT2D eigenvalue weighted by Crippen LogP contribution is -1.88. The van der Waals surface area contributed by atoms with Crippen LogP contribution >= 0.6 is 11.3 Å². The van der Waals surface area contributed by atoms with Crippen molar-refractivity contribution in [2.24, 2.45) is 0 Å². The zero-order valence-corrected chi connectivity index (χ0v) is 16.4. The Morgan fingerprint density at radius 2 is 1.84 bits per heavy atom. The highest BCUT2D eigenvalue weighted by Crippen LogP contribution is 2.35. The summed E-state index contributed by atoms with van der Waals surface area (Å²) in [7, 11) is 0. The van der Waals surface area contributed by atoms with Crippen molar-refractivity contribution in [3.63, 3.8) is 0 Å². The Morgan fingerprint density at radius 3 is 2.65 bits per heavy atom. The summed E-state index contributed by atoms with van der Waals surface area (Å²) in [6.45, 7) is 0. The van der Waals surface area contributed by atoms with E-state index in [0.29, 0.717) is 44.7 Å². The third kappa shape index (κ3) is 2.88. The van der Waals surface area contributed by atoms with Gasteiger partial charge in [-0.1, -0.05) is 0 Å². The summed E-state index contributed by atoms with van der Waals surface area (Å²) < 4.78 is 28.2. The predicted molar refractivity (Wildman–Crippen MR) is 113 cm³/mol. The maximum atomic E-state index is 14.7. The Kier molecular flexibility index (Phi) is 3.87. The molecule has 0 atom stereocenters. The number of pyridine rings is 1. The van der Waals surface area contributed by atoms with Gasteiger partial charge in [0.1, 0.15) is 17.8 Å². The topological polar surface area (TPSA) is 96.0 Å². The summed E-state index contributed by atoms with van der Waals surface area (Å²) in [5, 5.41) is 7.61. The van der Waals surface area contributed by atoms with Gasteiger partial charge in [0.25, 0.3) is 0 Å². The first-order valence-corrected chi connectivity index (χ1v) is 10.0. The molecule has 150 valence electrons. The van der Waals surface area contributed by atoms with Gasteiger partial charge in [0.05, 0.1) is 11.0 Å². The van der Waals surface area contributed by atoms with Gasteiger partial charge in [-0.25, -0.2) is 24.3 Å². The minimum Gasteiger partial charge on any atom is -0.335 e. The number of H-pyrrole nitrogens is 2. The van der Waals surface area contributed by atoms with Crippen LogP contribution in [0.5, 0.6) is 0 Å². The average molecular weight is 431 g/mol. The molecule has 6 rings (SSSR count). The minimum atomic E-state index is -0.411. The molecule has 0 amide bonds. The number of benzene rings is 1. The van der Waals surface area contributed by atoms with Crippen LogP contribution < -0.4 is 0 Å². The van der Waals surface area contributed by atoms with Gasteiger partial charge >= 0.3 is 0 Å². The number of fused-ring (bicyclic) bond motifs is 2. The van der Waals surface area contributed by atoms with E-state index in [1.165, 1.54) is 18.5 Å². The Balaban J connectivity index is 1.54.